The van der Waals surface area contributed by atoms with Crippen molar-refractivity contribution >= 4 is 39.8 Å². The first-order chi connectivity index (χ1) is 14.6. The molecule has 0 aliphatic carbocycles. The van der Waals surface area contributed by atoms with Crippen LogP contribution in [0.5, 0.6) is 0 Å². The highest BCUT2D eigenvalue weighted by Crippen LogP contribution is 2.22. The monoisotopic (exact) mass is 435 g/mol. The van der Waals surface area contributed by atoms with Crippen molar-refractivity contribution in [1.29, 1.82) is 5.26 Å². The number of carbonyl (C=O) groups is 1. The van der Waals surface area contributed by atoms with Crippen LogP contribution in [0.4, 0.5) is 9.52 Å². The minimum Gasteiger partial charge on any atom is -0.317 e. The molecule has 0 aliphatic heterocycles. The van der Waals surface area contributed by atoms with Crippen molar-refractivity contribution in [3.05, 3.63) is 87.1 Å². The first kappa shape index (κ1) is 19.7. The molecule has 3 heterocycles. The van der Waals surface area contributed by atoms with E-state index >= 15 is 0 Å². The Bertz CT molecular complexity index is 1250. The molecule has 1 N–H and O–H groups in total. The average Bonchev–Trinajstić information content (AvgIpc) is 3.49. The molecule has 30 heavy (non-hydrogen) atoms. The van der Waals surface area contributed by atoms with Gasteiger partial charge in [-0.25, -0.2) is 4.39 Å². The number of anilines is 1. The van der Waals surface area contributed by atoms with Crippen LogP contribution in [0.2, 0.25) is 0 Å². The Kier molecular flexibility index (Phi) is 5.79. The zero-order chi connectivity index (χ0) is 20.9. The Labute approximate surface area is 179 Å². The summed E-state index contributed by atoms with van der Waals surface area (Å²) in [6.45, 7) is 0. The van der Waals surface area contributed by atoms with Crippen LogP contribution < -0.4 is 5.32 Å². The highest BCUT2D eigenvalue weighted by molar-refractivity contribution is 7.15. The molecule has 6 nitrogen and oxygen atoms in total. The van der Waals surface area contributed by atoms with E-state index in [0.717, 1.165) is 9.88 Å². The number of hydrogen-bond donors (Lipinski definition) is 1. The molecule has 0 saturated heterocycles. The van der Waals surface area contributed by atoms with Crippen LogP contribution in [-0.2, 0) is 11.2 Å². The molecule has 1 aromatic carbocycles. The molecule has 0 spiro atoms. The number of amides is 1. The number of benzene rings is 1. The summed E-state index contributed by atoms with van der Waals surface area (Å²) in [5, 5.41) is 23.3. The molecule has 9 heteroatoms. The Balaban J connectivity index is 1.52. The largest absolute Gasteiger partial charge is 0.317 e. The molecule has 0 bridgehead atoms. The minimum absolute atomic E-state index is 0.0960. The van der Waals surface area contributed by atoms with Gasteiger partial charge in [-0.05, 0) is 47.9 Å². The van der Waals surface area contributed by atoms with Crippen molar-refractivity contribution in [1.82, 2.24) is 14.8 Å². The van der Waals surface area contributed by atoms with E-state index in [1.807, 2.05) is 23.6 Å². The molecular formula is C21H14FN5OS2. The van der Waals surface area contributed by atoms with Crippen LogP contribution in [0.3, 0.4) is 0 Å². The number of nitrogens with one attached hydrogen (secondary N) is 1. The fourth-order valence-corrected chi connectivity index (χ4v) is 4.33. The van der Waals surface area contributed by atoms with E-state index < -0.39 is 5.91 Å². The number of halogens is 1. The quantitative estimate of drug-likeness (QED) is 0.352. The molecule has 4 rings (SSSR count). The molecule has 0 unspecified atom stereocenters. The maximum Gasteiger partial charge on any atom is 0.268 e. The third-order valence-electron chi connectivity index (χ3n) is 4.12. The van der Waals surface area contributed by atoms with E-state index in [4.69, 9.17) is 0 Å². The molecule has 148 valence electrons. The highest BCUT2D eigenvalue weighted by atomic mass is 32.1. The zero-order valence-electron chi connectivity index (χ0n) is 15.4. The lowest BCUT2D eigenvalue weighted by Gasteiger charge is -2.07. The number of hydrogen-bond acceptors (Lipinski definition) is 6. The van der Waals surface area contributed by atoms with Gasteiger partial charge in [0, 0.05) is 28.9 Å². The number of nitrogens with zero attached hydrogens (tertiary/aromatic N) is 4. The third-order valence-corrected chi connectivity index (χ3v) is 5.83. The summed E-state index contributed by atoms with van der Waals surface area (Å²) in [5.74, 6) is -0.952. The Hall–Kier alpha value is -3.61. The van der Waals surface area contributed by atoms with E-state index in [1.165, 1.54) is 29.5 Å². The lowest BCUT2D eigenvalue weighted by atomic mass is 10.2. The molecule has 1 amide bonds. The van der Waals surface area contributed by atoms with Gasteiger partial charge < -0.3 is 4.57 Å². The first-order valence-electron chi connectivity index (χ1n) is 8.83. The highest BCUT2D eigenvalue weighted by Gasteiger charge is 2.14. The standard InChI is InChI=1S/C21H14FN5OS2/c22-15-4-1-5-17(11-15)27-8-2-6-16(27)10-14(13-23)20(28)24-21-26-25-19(30-21)12-18-7-3-9-29-18/h1-11H,12H2,(H,24,26,28). The van der Waals surface area contributed by atoms with Crippen molar-refractivity contribution in [2.75, 3.05) is 5.32 Å². The number of carbonyl (C=O) groups excluding carboxylic acids is 1. The predicted molar refractivity (Wildman–Crippen MR) is 115 cm³/mol. The lowest BCUT2D eigenvalue weighted by molar-refractivity contribution is -0.112. The summed E-state index contributed by atoms with van der Waals surface area (Å²) >= 11 is 2.89. The summed E-state index contributed by atoms with van der Waals surface area (Å²) in [4.78, 5) is 13.7. The molecule has 4 aromatic rings. The summed E-state index contributed by atoms with van der Waals surface area (Å²) in [7, 11) is 0. The smallest absolute Gasteiger partial charge is 0.268 e. The topological polar surface area (TPSA) is 83.6 Å². The van der Waals surface area contributed by atoms with Gasteiger partial charge in [0.25, 0.3) is 5.91 Å². The Morgan fingerprint density at radius 1 is 1.23 bits per heavy atom. The summed E-state index contributed by atoms with van der Waals surface area (Å²) < 4.78 is 15.2. The SMILES string of the molecule is N#CC(=Cc1cccn1-c1cccc(F)c1)C(=O)Nc1nnc(Cc2cccs2)s1. The molecule has 0 aliphatic rings. The fourth-order valence-electron chi connectivity index (χ4n) is 2.77. The van der Waals surface area contributed by atoms with Gasteiger partial charge in [0.05, 0.1) is 0 Å². The van der Waals surface area contributed by atoms with Gasteiger partial charge in [-0.15, -0.1) is 21.5 Å². The second kappa shape index (κ2) is 8.82. The number of thiophene rings is 1. The van der Waals surface area contributed by atoms with E-state index in [0.29, 0.717) is 22.9 Å². The van der Waals surface area contributed by atoms with E-state index in [9.17, 15) is 14.4 Å². The van der Waals surface area contributed by atoms with E-state index in [1.54, 1.807) is 46.4 Å². The number of aromatic nitrogens is 3. The third kappa shape index (κ3) is 4.51. The van der Waals surface area contributed by atoms with Gasteiger partial charge in [-0.2, -0.15) is 5.26 Å². The zero-order valence-corrected chi connectivity index (χ0v) is 17.1. The molecule has 0 saturated carbocycles. The Morgan fingerprint density at radius 3 is 2.90 bits per heavy atom. The van der Waals surface area contributed by atoms with Crippen molar-refractivity contribution in [3.63, 3.8) is 0 Å². The maximum atomic E-state index is 13.6. The van der Waals surface area contributed by atoms with Crippen molar-refractivity contribution in [2.45, 2.75) is 6.42 Å². The number of nitriles is 1. The van der Waals surface area contributed by atoms with E-state index in [-0.39, 0.29) is 11.4 Å². The second-order valence-electron chi connectivity index (χ2n) is 6.16. The van der Waals surface area contributed by atoms with Gasteiger partial charge in [0.15, 0.2) is 0 Å². The Morgan fingerprint density at radius 2 is 2.13 bits per heavy atom. The van der Waals surface area contributed by atoms with Gasteiger partial charge in [-0.3, -0.25) is 10.1 Å². The van der Waals surface area contributed by atoms with Crippen LogP contribution in [0, 0.1) is 17.1 Å². The molecule has 0 fully saturated rings. The summed E-state index contributed by atoms with van der Waals surface area (Å²) in [6, 6.07) is 15.4. The normalized spacial score (nSPS) is 11.3. The summed E-state index contributed by atoms with van der Waals surface area (Å²) in [6.07, 6.45) is 3.83. The molecule has 0 radical (unpaired) electrons. The minimum atomic E-state index is -0.580. The van der Waals surface area contributed by atoms with Crippen molar-refractivity contribution in [2.24, 2.45) is 0 Å². The van der Waals surface area contributed by atoms with Crippen LogP contribution in [0.1, 0.15) is 15.6 Å². The maximum absolute atomic E-state index is 13.6. The number of rotatable bonds is 6. The molecule has 3 aromatic heterocycles. The fraction of sp³-hybridized carbons (Fsp3) is 0.0476. The average molecular weight is 436 g/mol. The molecular weight excluding hydrogens is 421 g/mol. The van der Waals surface area contributed by atoms with Crippen LogP contribution in [0.15, 0.2) is 65.7 Å². The van der Waals surface area contributed by atoms with Crippen LogP contribution in [-0.4, -0.2) is 20.7 Å². The molecule has 0 atom stereocenters. The lowest BCUT2D eigenvalue weighted by Crippen LogP contribution is -2.13. The van der Waals surface area contributed by atoms with Gasteiger partial charge >= 0.3 is 0 Å². The van der Waals surface area contributed by atoms with Gasteiger partial charge in [-0.1, -0.05) is 23.5 Å². The predicted octanol–water partition coefficient (Wildman–Crippen LogP) is 4.67. The van der Waals surface area contributed by atoms with Gasteiger partial charge in [0.1, 0.15) is 22.5 Å². The van der Waals surface area contributed by atoms with Crippen molar-refractivity contribution < 1.29 is 9.18 Å². The first-order valence-corrected chi connectivity index (χ1v) is 10.5. The second-order valence-corrected chi connectivity index (χ2v) is 8.26. The van der Waals surface area contributed by atoms with E-state index in [2.05, 4.69) is 15.5 Å². The summed E-state index contributed by atoms with van der Waals surface area (Å²) in [5.41, 5.74) is 1.07. The van der Waals surface area contributed by atoms with Crippen LogP contribution >= 0.6 is 22.7 Å². The van der Waals surface area contributed by atoms with Gasteiger partial charge in [0.2, 0.25) is 5.13 Å². The van der Waals surface area contributed by atoms with Crippen LogP contribution in [0.25, 0.3) is 11.8 Å². The van der Waals surface area contributed by atoms with Crippen molar-refractivity contribution in [3.8, 4) is 11.8 Å².